The van der Waals surface area contributed by atoms with Gasteiger partial charge in [0.05, 0.1) is 0 Å². The van der Waals surface area contributed by atoms with E-state index < -0.39 is 0 Å². The van der Waals surface area contributed by atoms with Gasteiger partial charge in [0.1, 0.15) is 5.69 Å². The molecule has 0 saturated carbocycles. The zero-order chi connectivity index (χ0) is 14.5. The summed E-state index contributed by atoms with van der Waals surface area (Å²) in [5.41, 5.74) is 0.997. The Bertz CT molecular complexity index is 415. The van der Waals surface area contributed by atoms with Gasteiger partial charge in [-0.2, -0.15) is 5.10 Å². The molecule has 1 amide bonds. The number of nitrogens with zero attached hydrogens (tertiary/aromatic N) is 1. The quantitative estimate of drug-likeness (QED) is 0.706. The second-order valence-electron chi connectivity index (χ2n) is 5.72. The van der Waals surface area contributed by atoms with Gasteiger partial charge in [-0.3, -0.25) is 9.89 Å². The predicted molar refractivity (Wildman–Crippen MR) is 75.0 cm³/mol. The zero-order valence-corrected chi connectivity index (χ0v) is 12.3. The molecular weight excluding hydrogens is 242 g/mol. The van der Waals surface area contributed by atoms with Crippen LogP contribution in [0.3, 0.4) is 0 Å². The summed E-state index contributed by atoms with van der Waals surface area (Å²) < 4.78 is 0. The Morgan fingerprint density at radius 3 is 2.79 bits per heavy atom. The molecule has 1 atom stereocenters. The summed E-state index contributed by atoms with van der Waals surface area (Å²) in [4.78, 5) is 12.1. The first-order chi connectivity index (χ1) is 8.90. The highest BCUT2D eigenvalue weighted by Gasteiger charge is 2.25. The molecule has 0 bridgehead atoms. The lowest BCUT2D eigenvalue weighted by Gasteiger charge is -2.28. The number of amides is 1. The van der Waals surface area contributed by atoms with Crippen molar-refractivity contribution in [1.82, 2.24) is 15.5 Å². The minimum atomic E-state index is -0.386. The minimum absolute atomic E-state index is 0.0593. The highest BCUT2D eigenvalue weighted by Crippen LogP contribution is 2.15. The molecule has 3 N–H and O–H groups in total. The number of hydrogen-bond donors (Lipinski definition) is 3. The molecule has 108 valence electrons. The topological polar surface area (TPSA) is 78.0 Å². The average molecular weight is 267 g/mol. The number of aromatic nitrogens is 2. The van der Waals surface area contributed by atoms with Gasteiger partial charge in [-0.05, 0) is 38.2 Å². The highest BCUT2D eigenvalue weighted by molar-refractivity contribution is 5.92. The Morgan fingerprint density at radius 2 is 2.26 bits per heavy atom. The Morgan fingerprint density at radius 1 is 1.58 bits per heavy atom. The smallest absolute Gasteiger partial charge is 0.272 e. The van der Waals surface area contributed by atoms with Gasteiger partial charge in [-0.1, -0.05) is 20.8 Å². The van der Waals surface area contributed by atoms with E-state index in [1.165, 1.54) is 0 Å². The van der Waals surface area contributed by atoms with E-state index in [0.29, 0.717) is 18.0 Å². The van der Waals surface area contributed by atoms with Crippen LogP contribution in [0.5, 0.6) is 0 Å². The number of hydrogen-bond acceptors (Lipinski definition) is 3. The standard InChI is InChI=1S/C14H25N3O2/c1-5-14(4,6-7-18)15-13(19)12-9-11(16-17-12)8-10(2)3/h9-10,18H,5-8H2,1-4H3,(H,15,19)(H,16,17). The number of carbonyl (C=O) groups excluding carboxylic acids is 1. The number of aromatic amines is 1. The maximum atomic E-state index is 12.1. The van der Waals surface area contributed by atoms with Gasteiger partial charge >= 0.3 is 0 Å². The lowest BCUT2D eigenvalue weighted by molar-refractivity contribution is 0.0881. The number of nitrogens with one attached hydrogen (secondary N) is 2. The van der Waals surface area contributed by atoms with E-state index in [-0.39, 0.29) is 18.1 Å². The summed E-state index contributed by atoms with van der Waals surface area (Å²) in [6.07, 6.45) is 2.18. The molecule has 0 saturated heterocycles. The van der Waals surface area contributed by atoms with Gasteiger partial charge in [-0.25, -0.2) is 0 Å². The molecule has 5 heteroatoms. The van der Waals surface area contributed by atoms with Crippen LogP contribution < -0.4 is 5.32 Å². The predicted octanol–water partition coefficient (Wildman–Crippen LogP) is 1.89. The molecule has 5 nitrogen and oxygen atoms in total. The molecule has 0 aliphatic heterocycles. The van der Waals surface area contributed by atoms with Crippen molar-refractivity contribution in [2.24, 2.45) is 5.92 Å². The average Bonchev–Trinajstić information content (AvgIpc) is 2.77. The fraction of sp³-hybridized carbons (Fsp3) is 0.714. The Hall–Kier alpha value is -1.36. The van der Waals surface area contributed by atoms with Crippen molar-refractivity contribution in [3.8, 4) is 0 Å². The number of rotatable bonds is 7. The number of aliphatic hydroxyl groups excluding tert-OH is 1. The van der Waals surface area contributed by atoms with Gasteiger partial charge in [0, 0.05) is 17.8 Å². The van der Waals surface area contributed by atoms with E-state index >= 15 is 0 Å². The number of aliphatic hydroxyl groups is 1. The third-order valence-electron chi connectivity index (χ3n) is 3.35. The molecule has 1 unspecified atom stereocenters. The largest absolute Gasteiger partial charge is 0.396 e. The lowest BCUT2D eigenvalue weighted by atomic mass is 9.94. The van der Waals surface area contributed by atoms with E-state index in [1.54, 1.807) is 6.07 Å². The zero-order valence-electron chi connectivity index (χ0n) is 12.3. The fourth-order valence-electron chi connectivity index (χ4n) is 1.93. The van der Waals surface area contributed by atoms with Crippen LogP contribution in [0, 0.1) is 5.92 Å². The molecular formula is C14H25N3O2. The molecule has 0 fully saturated rings. The van der Waals surface area contributed by atoms with Gasteiger partial charge < -0.3 is 10.4 Å². The molecule has 1 heterocycles. The summed E-state index contributed by atoms with van der Waals surface area (Å²) in [6, 6.07) is 1.80. The van der Waals surface area contributed by atoms with Gasteiger partial charge in [-0.15, -0.1) is 0 Å². The second kappa shape index (κ2) is 6.70. The Balaban J connectivity index is 2.69. The van der Waals surface area contributed by atoms with Gasteiger partial charge in [0.2, 0.25) is 0 Å². The highest BCUT2D eigenvalue weighted by atomic mass is 16.3. The van der Waals surface area contributed by atoms with Crippen LogP contribution in [-0.2, 0) is 6.42 Å². The first kappa shape index (κ1) is 15.7. The fourth-order valence-corrected chi connectivity index (χ4v) is 1.93. The maximum Gasteiger partial charge on any atom is 0.272 e. The van der Waals surface area contributed by atoms with Gasteiger partial charge in [0.25, 0.3) is 5.91 Å². The molecule has 0 aromatic carbocycles. The molecule has 0 aliphatic carbocycles. The van der Waals surface area contributed by atoms with Crippen molar-refractivity contribution in [2.45, 2.75) is 52.5 Å². The van der Waals surface area contributed by atoms with E-state index in [4.69, 9.17) is 5.11 Å². The molecule has 1 rings (SSSR count). The van der Waals surface area contributed by atoms with Crippen LogP contribution in [-0.4, -0.2) is 33.4 Å². The van der Waals surface area contributed by atoms with Crippen LogP contribution in [0.25, 0.3) is 0 Å². The number of carbonyl (C=O) groups is 1. The SMILES string of the molecule is CCC(C)(CCO)NC(=O)c1cc(CC(C)C)[nH]n1. The molecule has 1 aromatic heterocycles. The van der Waals surface area contributed by atoms with Crippen LogP contribution >= 0.6 is 0 Å². The van der Waals surface area contributed by atoms with Gasteiger partial charge in [0.15, 0.2) is 0 Å². The summed E-state index contributed by atoms with van der Waals surface area (Å²) in [5, 5.41) is 18.9. The normalized spacial score (nSPS) is 14.4. The molecule has 0 radical (unpaired) electrons. The van der Waals surface area contributed by atoms with Crippen molar-refractivity contribution >= 4 is 5.91 Å². The van der Waals surface area contributed by atoms with E-state index in [9.17, 15) is 4.79 Å². The monoisotopic (exact) mass is 267 g/mol. The van der Waals surface area contributed by atoms with Crippen molar-refractivity contribution in [3.05, 3.63) is 17.5 Å². The van der Waals surface area contributed by atoms with Crippen molar-refractivity contribution in [1.29, 1.82) is 0 Å². The molecule has 0 spiro atoms. The summed E-state index contributed by atoms with van der Waals surface area (Å²) in [5.74, 6) is 0.329. The minimum Gasteiger partial charge on any atom is -0.396 e. The lowest BCUT2D eigenvalue weighted by Crippen LogP contribution is -2.46. The first-order valence-corrected chi connectivity index (χ1v) is 6.88. The molecule has 0 aliphatic rings. The second-order valence-corrected chi connectivity index (χ2v) is 5.72. The van der Waals surface area contributed by atoms with Crippen LogP contribution in [0.15, 0.2) is 6.07 Å². The van der Waals surface area contributed by atoms with E-state index in [2.05, 4.69) is 29.4 Å². The van der Waals surface area contributed by atoms with Crippen LogP contribution in [0.4, 0.5) is 0 Å². The Kier molecular flexibility index (Phi) is 5.54. The van der Waals surface area contributed by atoms with E-state index in [1.807, 2.05) is 13.8 Å². The third kappa shape index (κ3) is 4.67. The van der Waals surface area contributed by atoms with Crippen molar-refractivity contribution < 1.29 is 9.90 Å². The third-order valence-corrected chi connectivity index (χ3v) is 3.35. The summed E-state index contributed by atoms with van der Waals surface area (Å²) >= 11 is 0. The maximum absolute atomic E-state index is 12.1. The van der Waals surface area contributed by atoms with Crippen molar-refractivity contribution in [3.63, 3.8) is 0 Å². The number of H-pyrrole nitrogens is 1. The summed E-state index contributed by atoms with van der Waals surface area (Å²) in [7, 11) is 0. The van der Waals surface area contributed by atoms with Crippen LogP contribution in [0.2, 0.25) is 0 Å². The molecule has 1 aromatic rings. The Labute approximate surface area is 114 Å². The van der Waals surface area contributed by atoms with Crippen LogP contribution in [0.1, 0.15) is 56.7 Å². The summed E-state index contributed by atoms with van der Waals surface area (Å²) in [6.45, 7) is 8.23. The molecule has 19 heavy (non-hydrogen) atoms. The van der Waals surface area contributed by atoms with E-state index in [0.717, 1.165) is 18.5 Å². The van der Waals surface area contributed by atoms with Crippen molar-refractivity contribution in [2.75, 3.05) is 6.61 Å². The first-order valence-electron chi connectivity index (χ1n) is 6.88.